The molecular formula is C20H22ClN2O+. The molecule has 4 aliphatic rings. The Morgan fingerprint density at radius 2 is 2.25 bits per heavy atom. The van der Waals surface area contributed by atoms with Gasteiger partial charge in [-0.25, -0.2) is 0 Å². The van der Waals surface area contributed by atoms with Crippen molar-refractivity contribution >= 4 is 23.6 Å². The van der Waals surface area contributed by atoms with Gasteiger partial charge in [0.1, 0.15) is 18.9 Å². The standard InChI is InChI=1S/C20H21ClN2O/c1-2-13-10-23(12-21)8-7-20-16-5-3-4-6-17(16)22-19(20)15(11-24)14(13)9-18(20)23/h2-6,11,14,18H,7-10,12H2,1H3/p+1/b13-2-/t14-,18-,20+,23?/m0/s1. The third-order valence-electron chi connectivity index (χ3n) is 7.10. The van der Waals surface area contributed by atoms with Crippen LogP contribution in [0.15, 0.2) is 47.2 Å². The van der Waals surface area contributed by atoms with Crippen LogP contribution in [0.3, 0.4) is 0 Å². The number of hydrogen-bond donors (Lipinski definition) is 1. The molecule has 2 fully saturated rings. The van der Waals surface area contributed by atoms with E-state index in [-0.39, 0.29) is 11.3 Å². The maximum atomic E-state index is 12.1. The number of halogens is 1. The van der Waals surface area contributed by atoms with Crippen molar-refractivity contribution in [3.8, 4) is 0 Å². The highest BCUT2D eigenvalue weighted by Crippen LogP contribution is 2.63. The number of carbonyl (C=O) groups excluding carboxylic acids is 1. The predicted molar refractivity (Wildman–Crippen MR) is 95.8 cm³/mol. The molecule has 0 aromatic heterocycles. The minimum Gasteiger partial charge on any atom is -0.357 e. The van der Waals surface area contributed by atoms with Crippen LogP contribution >= 0.6 is 11.6 Å². The number of fused-ring (bicyclic) bond motifs is 2. The number of allylic oxidation sites excluding steroid dienone is 2. The summed E-state index contributed by atoms with van der Waals surface area (Å²) >= 11 is 6.55. The van der Waals surface area contributed by atoms with Gasteiger partial charge in [0.15, 0.2) is 6.00 Å². The third-order valence-corrected chi connectivity index (χ3v) is 7.57. The first kappa shape index (κ1) is 14.7. The molecule has 0 radical (unpaired) electrons. The van der Waals surface area contributed by atoms with E-state index in [1.165, 1.54) is 22.5 Å². The summed E-state index contributed by atoms with van der Waals surface area (Å²) in [6.07, 6.45) is 5.44. The molecule has 3 heterocycles. The van der Waals surface area contributed by atoms with Crippen molar-refractivity contribution in [2.45, 2.75) is 31.2 Å². The lowest BCUT2D eigenvalue weighted by Crippen LogP contribution is -2.62. The molecule has 4 heteroatoms. The molecular weight excluding hydrogens is 320 g/mol. The van der Waals surface area contributed by atoms with E-state index in [1.54, 1.807) is 0 Å². The van der Waals surface area contributed by atoms with E-state index in [4.69, 9.17) is 11.6 Å². The van der Waals surface area contributed by atoms with Gasteiger partial charge in [-0.05, 0) is 24.1 Å². The molecule has 5 rings (SSSR count). The van der Waals surface area contributed by atoms with Crippen LogP contribution < -0.4 is 5.32 Å². The summed E-state index contributed by atoms with van der Waals surface area (Å²) in [6.45, 7) is 4.18. The van der Waals surface area contributed by atoms with E-state index >= 15 is 0 Å². The smallest absolute Gasteiger partial charge is 0.155 e. The number of nitrogens with one attached hydrogen (secondary N) is 1. The molecule has 3 aliphatic heterocycles. The summed E-state index contributed by atoms with van der Waals surface area (Å²) in [7, 11) is 0. The highest BCUT2D eigenvalue weighted by Gasteiger charge is 2.68. The van der Waals surface area contributed by atoms with Crippen LogP contribution in [0.2, 0.25) is 0 Å². The molecule has 0 amide bonds. The van der Waals surface area contributed by atoms with Gasteiger partial charge >= 0.3 is 0 Å². The van der Waals surface area contributed by atoms with Crippen LogP contribution in [0, 0.1) is 5.92 Å². The molecule has 124 valence electrons. The summed E-state index contributed by atoms with van der Waals surface area (Å²) in [6, 6.07) is 9.71. The van der Waals surface area contributed by atoms with Gasteiger partial charge in [-0.3, -0.25) is 4.79 Å². The number of benzene rings is 1. The largest absolute Gasteiger partial charge is 0.357 e. The van der Waals surface area contributed by atoms with Crippen molar-refractivity contribution < 1.29 is 9.28 Å². The summed E-state index contributed by atoms with van der Waals surface area (Å²) in [5.74, 6) is 0.259. The van der Waals surface area contributed by atoms with Crippen LogP contribution in [0.4, 0.5) is 5.69 Å². The summed E-state index contributed by atoms with van der Waals surface area (Å²) in [5, 5.41) is 3.64. The fourth-order valence-corrected chi connectivity index (χ4v) is 6.44. The molecule has 1 N–H and O–H groups in total. The van der Waals surface area contributed by atoms with Crippen LogP contribution in [-0.4, -0.2) is 35.9 Å². The van der Waals surface area contributed by atoms with Gasteiger partial charge in [0, 0.05) is 35.7 Å². The highest BCUT2D eigenvalue weighted by atomic mass is 35.5. The molecule has 1 aliphatic carbocycles. The number of para-hydroxylation sites is 1. The van der Waals surface area contributed by atoms with E-state index in [0.717, 1.165) is 42.3 Å². The van der Waals surface area contributed by atoms with E-state index in [2.05, 4.69) is 42.6 Å². The van der Waals surface area contributed by atoms with E-state index < -0.39 is 0 Å². The number of piperidine rings is 1. The first-order valence-corrected chi connectivity index (χ1v) is 9.37. The fourth-order valence-electron chi connectivity index (χ4n) is 6.07. The Morgan fingerprint density at radius 1 is 1.42 bits per heavy atom. The molecule has 2 saturated heterocycles. The number of nitrogens with zero attached hydrogens (tertiary/aromatic N) is 1. The highest BCUT2D eigenvalue weighted by molar-refractivity contribution is 6.17. The van der Waals surface area contributed by atoms with Crippen LogP contribution in [0.1, 0.15) is 25.3 Å². The number of aldehydes is 1. The lowest BCUT2D eigenvalue weighted by atomic mass is 9.61. The number of carbonyl (C=O) groups is 1. The quantitative estimate of drug-likeness (QED) is 0.293. The van der Waals surface area contributed by atoms with Crippen LogP contribution in [0.25, 0.3) is 0 Å². The number of anilines is 1. The Bertz CT molecular complexity index is 814. The average Bonchev–Trinajstić information content (AvgIpc) is 3.15. The molecule has 1 aromatic rings. The third kappa shape index (κ3) is 1.47. The second kappa shape index (κ2) is 4.74. The van der Waals surface area contributed by atoms with Gasteiger partial charge in [0.25, 0.3) is 0 Å². The Hall–Kier alpha value is -1.58. The molecule has 1 spiro atoms. The van der Waals surface area contributed by atoms with Crippen LogP contribution in [0.5, 0.6) is 0 Å². The predicted octanol–water partition coefficient (Wildman–Crippen LogP) is 3.57. The summed E-state index contributed by atoms with van der Waals surface area (Å²) in [5.41, 5.74) is 6.04. The van der Waals surface area contributed by atoms with Gasteiger partial charge in [-0.2, -0.15) is 0 Å². The van der Waals surface area contributed by atoms with Gasteiger partial charge in [0.2, 0.25) is 0 Å². The van der Waals surface area contributed by atoms with Gasteiger partial charge in [0.05, 0.1) is 12.0 Å². The second-order valence-corrected chi connectivity index (χ2v) is 7.97. The summed E-state index contributed by atoms with van der Waals surface area (Å²) in [4.78, 5) is 12.1. The van der Waals surface area contributed by atoms with Crippen molar-refractivity contribution in [3.63, 3.8) is 0 Å². The molecule has 1 aromatic carbocycles. The van der Waals surface area contributed by atoms with Crippen molar-refractivity contribution in [1.82, 2.24) is 0 Å². The molecule has 1 unspecified atom stereocenters. The van der Waals surface area contributed by atoms with Gasteiger partial charge < -0.3 is 9.80 Å². The zero-order chi connectivity index (χ0) is 16.5. The number of hydrogen-bond acceptors (Lipinski definition) is 2. The Kier molecular flexibility index (Phi) is 2.91. The lowest BCUT2D eigenvalue weighted by molar-refractivity contribution is -0.931. The molecule has 3 nitrogen and oxygen atoms in total. The Morgan fingerprint density at radius 3 is 3.00 bits per heavy atom. The maximum Gasteiger partial charge on any atom is 0.155 e. The van der Waals surface area contributed by atoms with Crippen molar-refractivity contribution in [1.29, 1.82) is 0 Å². The van der Waals surface area contributed by atoms with Crippen molar-refractivity contribution in [2.75, 3.05) is 24.4 Å². The van der Waals surface area contributed by atoms with Crippen LogP contribution in [-0.2, 0) is 10.2 Å². The molecule has 0 saturated carbocycles. The SMILES string of the molecule is C/C=C1/C[N+]2(CCl)CC[C@]34C(=C(C=O)[C@H]1C[C@@H]32)Nc1ccccc14. The minimum absolute atomic E-state index is 0.0441. The maximum absolute atomic E-state index is 12.1. The zero-order valence-corrected chi connectivity index (χ0v) is 14.6. The minimum atomic E-state index is -0.0441. The lowest BCUT2D eigenvalue weighted by Gasteiger charge is -2.52. The monoisotopic (exact) mass is 341 g/mol. The normalized spacial score (nSPS) is 40.3. The first-order valence-electron chi connectivity index (χ1n) is 8.83. The topological polar surface area (TPSA) is 29.1 Å². The van der Waals surface area contributed by atoms with Crippen molar-refractivity contribution in [3.05, 3.63) is 52.7 Å². The summed E-state index contributed by atoms with van der Waals surface area (Å²) < 4.78 is 0.962. The van der Waals surface area contributed by atoms with E-state index in [1.807, 2.05) is 0 Å². The number of rotatable bonds is 2. The fraction of sp³-hybridized carbons (Fsp3) is 0.450. The number of quaternary nitrogens is 1. The number of alkyl halides is 1. The second-order valence-electron chi connectivity index (χ2n) is 7.73. The van der Waals surface area contributed by atoms with Gasteiger partial charge in [-0.1, -0.05) is 35.9 Å². The average molecular weight is 342 g/mol. The van der Waals surface area contributed by atoms with Crippen molar-refractivity contribution in [2.24, 2.45) is 5.92 Å². The van der Waals surface area contributed by atoms with E-state index in [0.29, 0.717) is 12.0 Å². The van der Waals surface area contributed by atoms with E-state index in [9.17, 15) is 4.79 Å². The zero-order valence-electron chi connectivity index (χ0n) is 13.9. The first-order chi connectivity index (χ1) is 11.7. The van der Waals surface area contributed by atoms with Gasteiger partial charge in [-0.15, -0.1) is 0 Å². The molecule has 4 atom stereocenters. The molecule has 2 bridgehead atoms. The molecule has 24 heavy (non-hydrogen) atoms. The Labute approximate surface area is 147 Å². The Balaban J connectivity index is 1.84.